The molecule has 0 heterocycles. The predicted molar refractivity (Wildman–Crippen MR) is 54.8 cm³/mol. The van der Waals surface area contributed by atoms with Crippen molar-refractivity contribution in [2.24, 2.45) is 0 Å². The van der Waals surface area contributed by atoms with Crippen molar-refractivity contribution < 1.29 is 4.43 Å². The zero-order valence-corrected chi connectivity index (χ0v) is 8.61. The first-order valence-corrected chi connectivity index (χ1v) is 5.55. The summed E-state index contributed by atoms with van der Waals surface area (Å²) in [6, 6.07) is 10.4. The van der Waals surface area contributed by atoms with E-state index >= 15 is 0 Å². The molecule has 1 rings (SSSR count). The van der Waals surface area contributed by atoms with E-state index in [9.17, 15) is 0 Å². The van der Waals surface area contributed by atoms with Crippen molar-refractivity contribution in [3.63, 3.8) is 0 Å². The minimum atomic E-state index is -0.430. The highest BCUT2D eigenvalue weighted by Gasteiger charge is 1.89. The van der Waals surface area contributed by atoms with Gasteiger partial charge in [0.2, 0.25) is 0 Å². The van der Waals surface area contributed by atoms with Crippen LogP contribution < -0.4 is 0 Å². The Labute approximate surface area is 76.0 Å². The van der Waals surface area contributed by atoms with Crippen LogP contribution in [0.15, 0.2) is 42.6 Å². The van der Waals surface area contributed by atoms with Gasteiger partial charge in [-0.1, -0.05) is 36.0 Å². The van der Waals surface area contributed by atoms with Crippen LogP contribution in [-0.2, 0) is 10.8 Å². The Hall–Kier alpha value is -0.863. The van der Waals surface area contributed by atoms with Gasteiger partial charge in [0.1, 0.15) is 0 Å². The Morgan fingerprint density at radius 1 is 1.33 bits per heavy atom. The molecule has 0 saturated carbocycles. The van der Waals surface area contributed by atoms with E-state index in [4.69, 9.17) is 4.43 Å². The third-order valence-electron chi connectivity index (χ3n) is 1.61. The maximum Gasteiger partial charge on any atom is 0.184 e. The maximum atomic E-state index is 5.41. The fourth-order valence-electron chi connectivity index (χ4n) is 1.00. The van der Waals surface area contributed by atoms with E-state index in [0.29, 0.717) is 0 Å². The van der Waals surface area contributed by atoms with Crippen molar-refractivity contribution in [1.29, 1.82) is 0 Å². The molecule has 0 aliphatic rings. The lowest BCUT2D eigenvalue weighted by atomic mass is 10.2. The summed E-state index contributed by atoms with van der Waals surface area (Å²) < 4.78 is 5.41. The van der Waals surface area contributed by atoms with Gasteiger partial charge in [-0.3, -0.25) is 0 Å². The van der Waals surface area contributed by atoms with E-state index in [2.05, 4.69) is 30.8 Å². The monoisotopic (exact) mass is 178 g/mol. The second kappa shape index (κ2) is 5.74. The molecule has 0 aliphatic heterocycles. The van der Waals surface area contributed by atoms with Crippen LogP contribution in [0, 0.1) is 0 Å². The Morgan fingerprint density at radius 3 is 2.75 bits per heavy atom. The third-order valence-corrected chi connectivity index (χ3v) is 2.37. The van der Waals surface area contributed by atoms with Gasteiger partial charge in [-0.2, -0.15) is 0 Å². The van der Waals surface area contributed by atoms with Crippen molar-refractivity contribution in [3.8, 4) is 0 Å². The molecule has 1 aromatic rings. The van der Waals surface area contributed by atoms with Crippen LogP contribution in [0.25, 0.3) is 0 Å². The first-order valence-electron chi connectivity index (χ1n) is 4.16. The summed E-state index contributed by atoms with van der Waals surface area (Å²) in [5.41, 5.74) is 3.25. The summed E-state index contributed by atoms with van der Waals surface area (Å²) >= 11 is 0. The fraction of sp³-hybridized carbons (Fsp3) is 0.200. The van der Waals surface area contributed by atoms with E-state index < -0.39 is 9.76 Å². The van der Waals surface area contributed by atoms with E-state index in [-0.39, 0.29) is 0 Å². The summed E-state index contributed by atoms with van der Waals surface area (Å²) in [6.07, 6.45) is 1.02. The van der Waals surface area contributed by atoms with Gasteiger partial charge in [0.05, 0.1) is 0 Å². The summed E-state index contributed by atoms with van der Waals surface area (Å²) in [4.78, 5) is 0. The largest absolute Gasteiger partial charge is 0.419 e. The first kappa shape index (κ1) is 9.23. The van der Waals surface area contributed by atoms with Crippen LogP contribution in [0.4, 0.5) is 0 Å². The highest BCUT2D eigenvalue weighted by atomic mass is 28.2. The molecule has 0 spiro atoms. The highest BCUT2D eigenvalue weighted by molar-refractivity contribution is 6.33. The minimum Gasteiger partial charge on any atom is -0.419 e. The summed E-state index contributed by atoms with van der Waals surface area (Å²) in [6.45, 7) is 4.48. The van der Waals surface area contributed by atoms with Gasteiger partial charge in [0, 0.05) is 6.61 Å². The molecule has 12 heavy (non-hydrogen) atoms. The van der Waals surface area contributed by atoms with Crippen LogP contribution in [0.3, 0.4) is 0 Å². The molecule has 0 aliphatic carbocycles. The van der Waals surface area contributed by atoms with Gasteiger partial charge in [-0.05, 0) is 12.0 Å². The molecule has 0 N–H and O–H groups in total. The third kappa shape index (κ3) is 3.51. The second-order valence-corrected chi connectivity index (χ2v) is 3.92. The van der Waals surface area contributed by atoms with Gasteiger partial charge >= 0.3 is 0 Å². The number of hydrogen-bond acceptors (Lipinski definition) is 1. The smallest absolute Gasteiger partial charge is 0.184 e. The molecule has 64 valence electrons. The molecule has 0 radical (unpaired) electrons. The summed E-state index contributed by atoms with van der Waals surface area (Å²) in [5.74, 6) is 0. The average Bonchev–Trinajstić information content (AvgIpc) is 2.14. The molecule has 0 unspecified atom stereocenters. The molecule has 0 aromatic heterocycles. The van der Waals surface area contributed by atoms with Gasteiger partial charge in [0.25, 0.3) is 0 Å². The quantitative estimate of drug-likeness (QED) is 0.490. The molecule has 2 heteroatoms. The first-order chi connectivity index (χ1) is 5.93. The van der Waals surface area contributed by atoms with E-state index in [1.165, 1.54) is 5.56 Å². The summed E-state index contributed by atoms with van der Waals surface area (Å²) in [7, 11) is -0.430. The van der Waals surface area contributed by atoms with Crippen molar-refractivity contribution in [3.05, 3.63) is 48.2 Å². The Morgan fingerprint density at radius 2 is 2.08 bits per heavy atom. The molecule has 0 fully saturated rings. The average molecular weight is 178 g/mol. The van der Waals surface area contributed by atoms with Crippen LogP contribution in [0.5, 0.6) is 0 Å². The minimum absolute atomic E-state index is 0.430. The van der Waals surface area contributed by atoms with E-state index in [1.54, 1.807) is 0 Å². The maximum absolute atomic E-state index is 5.41. The topological polar surface area (TPSA) is 9.23 Å². The van der Waals surface area contributed by atoms with Gasteiger partial charge in [-0.25, -0.2) is 0 Å². The molecule has 0 bridgehead atoms. The number of rotatable bonds is 5. The van der Waals surface area contributed by atoms with Crippen molar-refractivity contribution in [1.82, 2.24) is 0 Å². The lowest BCUT2D eigenvalue weighted by Crippen LogP contribution is -2.00. The SMILES string of the molecule is C=C[SiH2]OCCc1ccccc1. The molecule has 0 amide bonds. The van der Waals surface area contributed by atoms with E-state index in [1.807, 2.05) is 11.8 Å². The Bertz CT molecular complexity index is 221. The molecular formula is C10H14OSi. The van der Waals surface area contributed by atoms with Crippen LogP contribution in [0.2, 0.25) is 0 Å². The molecule has 0 atom stereocenters. The van der Waals surface area contributed by atoms with Gasteiger partial charge < -0.3 is 4.43 Å². The van der Waals surface area contributed by atoms with Crippen LogP contribution in [-0.4, -0.2) is 16.4 Å². The van der Waals surface area contributed by atoms with Gasteiger partial charge in [0.15, 0.2) is 9.76 Å². The lowest BCUT2D eigenvalue weighted by Gasteiger charge is -2.00. The molecular weight excluding hydrogens is 164 g/mol. The molecule has 1 aromatic carbocycles. The molecule has 0 saturated heterocycles. The highest BCUT2D eigenvalue weighted by Crippen LogP contribution is 1.98. The van der Waals surface area contributed by atoms with Crippen molar-refractivity contribution in [2.45, 2.75) is 6.42 Å². The van der Waals surface area contributed by atoms with Crippen molar-refractivity contribution >= 4 is 9.76 Å². The van der Waals surface area contributed by atoms with E-state index in [0.717, 1.165) is 13.0 Å². The lowest BCUT2D eigenvalue weighted by molar-refractivity contribution is 0.346. The zero-order chi connectivity index (χ0) is 8.65. The van der Waals surface area contributed by atoms with Crippen LogP contribution >= 0.6 is 0 Å². The Balaban J connectivity index is 2.20. The van der Waals surface area contributed by atoms with Crippen molar-refractivity contribution in [2.75, 3.05) is 6.61 Å². The Kier molecular flexibility index (Phi) is 4.42. The fourth-order valence-corrected chi connectivity index (χ4v) is 1.48. The van der Waals surface area contributed by atoms with Crippen LogP contribution in [0.1, 0.15) is 5.56 Å². The summed E-state index contributed by atoms with van der Waals surface area (Å²) in [5, 5.41) is 0. The standard InChI is InChI=1S/C10H14OSi/c1-2-12-11-9-8-10-6-4-3-5-7-10/h2-7H,1,8-9,12H2. The number of benzene rings is 1. The zero-order valence-electron chi connectivity index (χ0n) is 7.20. The number of hydrogen-bond donors (Lipinski definition) is 0. The van der Waals surface area contributed by atoms with Gasteiger partial charge in [-0.15, -0.1) is 6.58 Å². The second-order valence-electron chi connectivity index (χ2n) is 2.60. The predicted octanol–water partition coefficient (Wildman–Crippen LogP) is 1.47. The molecule has 1 nitrogen and oxygen atoms in total. The normalized spacial score (nSPS) is 10.7.